The third-order valence-electron chi connectivity index (χ3n) is 6.41. The van der Waals surface area contributed by atoms with Gasteiger partial charge in [0.15, 0.2) is 0 Å². The Balaban J connectivity index is 0.000000280. The second-order valence-corrected chi connectivity index (χ2v) is 10.9. The molecule has 2 rings (SSSR count). The van der Waals surface area contributed by atoms with E-state index >= 15 is 0 Å². The van der Waals surface area contributed by atoms with Crippen LogP contribution in [-0.4, -0.2) is 69.2 Å². The normalized spacial score (nSPS) is 43.9. The largest absolute Gasteiger partial charge is 0.394 e. The lowest BCUT2D eigenvalue weighted by Gasteiger charge is -2.42. The first-order valence-electron chi connectivity index (χ1n) is 10.7. The highest BCUT2D eigenvalue weighted by Crippen LogP contribution is 2.39. The molecule has 0 aromatic rings. The molecule has 2 fully saturated rings. The van der Waals surface area contributed by atoms with E-state index in [1.54, 1.807) is 11.8 Å². The molecule has 0 bridgehead atoms. The van der Waals surface area contributed by atoms with E-state index in [0.717, 1.165) is 11.5 Å². The molecule has 2 saturated heterocycles. The molecule has 4 unspecified atom stereocenters. The minimum atomic E-state index is -0.370. The average molecular weight is 439 g/mol. The van der Waals surface area contributed by atoms with Crippen molar-refractivity contribution in [3.05, 3.63) is 0 Å². The molecule has 0 aliphatic carbocycles. The van der Waals surface area contributed by atoms with Gasteiger partial charge in [-0.25, -0.2) is 0 Å². The zero-order valence-electron chi connectivity index (χ0n) is 18.6. The van der Waals surface area contributed by atoms with Crippen LogP contribution in [0.15, 0.2) is 0 Å². The summed E-state index contributed by atoms with van der Waals surface area (Å²) in [5.41, 5.74) is 0.284. The molecule has 0 spiro atoms. The SMILES string of the molecule is CCS[C@H]1OC(CO)[C@@H](C)[C@H](C)C1C.CCS[C@H]1OC(CO)[C@@H](C)[C@H](O)C1C. The molecule has 2 aliphatic heterocycles. The topological polar surface area (TPSA) is 79.2 Å². The Kier molecular flexibility index (Phi) is 12.3. The zero-order chi connectivity index (χ0) is 21.4. The lowest BCUT2D eigenvalue weighted by molar-refractivity contribution is -0.144. The van der Waals surface area contributed by atoms with Gasteiger partial charge in [0.1, 0.15) is 10.9 Å². The summed E-state index contributed by atoms with van der Waals surface area (Å²) in [6.07, 6.45) is -0.555. The Hall–Kier alpha value is 0.500. The van der Waals surface area contributed by atoms with E-state index in [0.29, 0.717) is 17.8 Å². The van der Waals surface area contributed by atoms with Crippen LogP contribution in [0.1, 0.15) is 48.5 Å². The smallest absolute Gasteiger partial charge is 0.108 e. The molecule has 168 valence electrons. The molecule has 0 radical (unpaired) electrons. The summed E-state index contributed by atoms with van der Waals surface area (Å²) in [6.45, 7) is 15.0. The van der Waals surface area contributed by atoms with Crippen molar-refractivity contribution >= 4 is 23.5 Å². The van der Waals surface area contributed by atoms with Crippen LogP contribution in [0.25, 0.3) is 0 Å². The zero-order valence-corrected chi connectivity index (χ0v) is 20.2. The quantitative estimate of drug-likeness (QED) is 0.586. The van der Waals surface area contributed by atoms with E-state index < -0.39 is 0 Å². The first-order chi connectivity index (χ1) is 13.2. The maximum atomic E-state index is 9.94. The average Bonchev–Trinajstić information content (AvgIpc) is 2.69. The maximum Gasteiger partial charge on any atom is 0.108 e. The van der Waals surface area contributed by atoms with Crippen LogP contribution >= 0.6 is 23.5 Å². The molecular formula is C21H42O5S2. The summed E-state index contributed by atoms with van der Waals surface area (Å²) in [6, 6.07) is 0. The number of ether oxygens (including phenoxy) is 2. The predicted molar refractivity (Wildman–Crippen MR) is 120 cm³/mol. The fourth-order valence-corrected chi connectivity index (χ4v) is 6.01. The molecule has 2 aliphatic rings. The molecule has 0 aromatic heterocycles. The number of hydrogen-bond acceptors (Lipinski definition) is 7. The summed E-state index contributed by atoms with van der Waals surface area (Å²) < 4.78 is 11.6. The Morgan fingerprint density at radius 1 is 0.643 bits per heavy atom. The van der Waals surface area contributed by atoms with Gasteiger partial charge in [-0.15, -0.1) is 23.5 Å². The van der Waals surface area contributed by atoms with Gasteiger partial charge in [0.05, 0.1) is 31.5 Å². The van der Waals surface area contributed by atoms with Crippen molar-refractivity contribution in [3.8, 4) is 0 Å². The standard InChI is InChI=1S/C11H22O2S.C10H20O3S/c1-5-14-11-9(4)7(2)8(3)10(6-12)13-11;1-4-14-10-7(3)9(12)6(2)8(5-11)13-10/h7-12H,5-6H2,1-4H3;6-12H,4-5H2,1-3H3/t7-,8-,9?,10?,11+;6-,7?,8?,9+,10-/m01/s1. The number of thioether (sulfide) groups is 2. The second-order valence-electron chi connectivity index (χ2n) is 8.15. The first-order valence-corrected chi connectivity index (χ1v) is 12.8. The molecule has 28 heavy (non-hydrogen) atoms. The number of hydrogen-bond donors (Lipinski definition) is 3. The van der Waals surface area contributed by atoms with Crippen LogP contribution in [0.5, 0.6) is 0 Å². The van der Waals surface area contributed by atoms with Gasteiger partial charge in [0.2, 0.25) is 0 Å². The van der Waals surface area contributed by atoms with E-state index in [-0.39, 0.29) is 54.2 Å². The summed E-state index contributed by atoms with van der Waals surface area (Å²) in [5, 5.41) is 28.3. The number of rotatable bonds is 6. The molecule has 10 atom stereocenters. The van der Waals surface area contributed by atoms with Gasteiger partial charge in [-0.05, 0) is 29.3 Å². The molecule has 0 saturated carbocycles. The minimum absolute atomic E-state index is 0.00821. The van der Waals surface area contributed by atoms with Gasteiger partial charge in [0, 0.05) is 11.8 Å². The lowest BCUT2D eigenvalue weighted by atomic mass is 9.80. The van der Waals surface area contributed by atoms with Crippen LogP contribution in [0, 0.1) is 29.6 Å². The number of aliphatic hydroxyl groups excluding tert-OH is 3. The van der Waals surface area contributed by atoms with Crippen molar-refractivity contribution < 1.29 is 24.8 Å². The third kappa shape index (κ3) is 6.76. The summed E-state index contributed by atoms with van der Waals surface area (Å²) in [4.78, 5) is 0. The Morgan fingerprint density at radius 3 is 1.50 bits per heavy atom. The molecule has 5 nitrogen and oxygen atoms in total. The van der Waals surface area contributed by atoms with Gasteiger partial charge in [-0.2, -0.15) is 0 Å². The first kappa shape index (κ1) is 26.5. The minimum Gasteiger partial charge on any atom is -0.394 e. The van der Waals surface area contributed by atoms with Crippen LogP contribution in [-0.2, 0) is 9.47 Å². The van der Waals surface area contributed by atoms with Gasteiger partial charge in [0.25, 0.3) is 0 Å². The van der Waals surface area contributed by atoms with E-state index in [2.05, 4.69) is 34.6 Å². The summed E-state index contributed by atoms with van der Waals surface area (Å²) in [7, 11) is 0. The van der Waals surface area contributed by atoms with E-state index in [1.165, 1.54) is 0 Å². The third-order valence-corrected chi connectivity index (χ3v) is 8.81. The highest BCUT2D eigenvalue weighted by atomic mass is 32.2. The van der Waals surface area contributed by atoms with E-state index in [1.807, 2.05) is 25.6 Å². The van der Waals surface area contributed by atoms with Gasteiger partial charge in [-0.3, -0.25) is 0 Å². The summed E-state index contributed by atoms with van der Waals surface area (Å²) >= 11 is 3.54. The van der Waals surface area contributed by atoms with Gasteiger partial charge < -0.3 is 24.8 Å². The monoisotopic (exact) mass is 438 g/mol. The van der Waals surface area contributed by atoms with Gasteiger partial charge >= 0.3 is 0 Å². The molecule has 3 N–H and O–H groups in total. The fraction of sp³-hybridized carbons (Fsp3) is 1.00. The fourth-order valence-electron chi connectivity index (χ4n) is 3.89. The van der Waals surface area contributed by atoms with Gasteiger partial charge in [-0.1, -0.05) is 48.5 Å². The highest BCUT2D eigenvalue weighted by molar-refractivity contribution is 7.99. The maximum absolute atomic E-state index is 9.94. The Bertz CT molecular complexity index is 382. The van der Waals surface area contributed by atoms with Crippen molar-refractivity contribution in [2.24, 2.45) is 29.6 Å². The lowest BCUT2D eigenvalue weighted by Crippen LogP contribution is -2.49. The Morgan fingerprint density at radius 2 is 1.07 bits per heavy atom. The highest BCUT2D eigenvalue weighted by Gasteiger charge is 2.40. The van der Waals surface area contributed by atoms with Crippen molar-refractivity contribution in [2.45, 2.75) is 77.7 Å². The molecule has 2 heterocycles. The van der Waals surface area contributed by atoms with Crippen LogP contribution in [0.2, 0.25) is 0 Å². The van der Waals surface area contributed by atoms with Crippen LogP contribution in [0.4, 0.5) is 0 Å². The van der Waals surface area contributed by atoms with E-state index in [9.17, 15) is 10.2 Å². The van der Waals surface area contributed by atoms with Crippen LogP contribution < -0.4 is 0 Å². The van der Waals surface area contributed by atoms with Crippen molar-refractivity contribution in [1.82, 2.24) is 0 Å². The second kappa shape index (κ2) is 13.0. The molecule has 7 heteroatoms. The van der Waals surface area contributed by atoms with Crippen molar-refractivity contribution in [2.75, 3.05) is 24.7 Å². The van der Waals surface area contributed by atoms with Crippen molar-refractivity contribution in [1.29, 1.82) is 0 Å². The molecular weight excluding hydrogens is 396 g/mol. The van der Waals surface area contributed by atoms with E-state index in [4.69, 9.17) is 14.6 Å². The molecule has 0 amide bonds. The molecule has 0 aromatic carbocycles. The Labute approximate surface area is 180 Å². The summed E-state index contributed by atoms with van der Waals surface area (Å²) in [5.74, 6) is 3.87. The van der Waals surface area contributed by atoms with Crippen molar-refractivity contribution in [3.63, 3.8) is 0 Å². The predicted octanol–water partition coefficient (Wildman–Crippen LogP) is 3.45. The van der Waals surface area contributed by atoms with Crippen LogP contribution in [0.3, 0.4) is 0 Å². The number of aliphatic hydroxyl groups is 3.